The number of rotatable bonds is 4. The van der Waals surface area contributed by atoms with Gasteiger partial charge in [0.1, 0.15) is 5.82 Å². The SMILES string of the molecule is CN1C(=O)c2ccccc2N2C(=O)CC[C@]12C(=O)OCC(=O)c1ccccc1F. The average molecular weight is 396 g/mol. The zero-order chi connectivity index (χ0) is 20.8. The first kappa shape index (κ1) is 18.8. The van der Waals surface area contributed by atoms with Gasteiger partial charge in [-0.1, -0.05) is 24.3 Å². The minimum atomic E-state index is -1.67. The van der Waals surface area contributed by atoms with Crippen LogP contribution in [-0.2, 0) is 14.3 Å². The highest BCUT2D eigenvalue weighted by Gasteiger charge is 2.60. The highest BCUT2D eigenvalue weighted by Crippen LogP contribution is 2.44. The summed E-state index contributed by atoms with van der Waals surface area (Å²) >= 11 is 0. The van der Waals surface area contributed by atoms with E-state index in [4.69, 9.17) is 4.74 Å². The topological polar surface area (TPSA) is 84.0 Å². The third kappa shape index (κ3) is 2.71. The maximum atomic E-state index is 13.8. The zero-order valence-electron chi connectivity index (χ0n) is 15.6. The van der Waals surface area contributed by atoms with Gasteiger partial charge in [-0.15, -0.1) is 0 Å². The number of nitrogens with zero attached hydrogens (tertiary/aromatic N) is 2. The van der Waals surface area contributed by atoms with Gasteiger partial charge in [0.15, 0.2) is 6.61 Å². The highest BCUT2D eigenvalue weighted by atomic mass is 19.1. The van der Waals surface area contributed by atoms with Crippen molar-refractivity contribution in [2.24, 2.45) is 0 Å². The number of hydrogen-bond donors (Lipinski definition) is 0. The van der Waals surface area contributed by atoms with Crippen molar-refractivity contribution in [2.45, 2.75) is 18.5 Å². The summed E-state index contributed by atoms with van der Waals surface area (Å²) in [6.45, 7) is -0.701. The van der Waals surface area contributed by atoms with Gasteiger partial charge < -0.3 is 9.64 Å². The van der Waals surface area contributed by atoms with E-state index < -0.39 is 35.7 Å². The predicted molar refractivity (Wildman–Crippen MR) is 99.7 cm³/mol. The maximum Gasteiger partial charge on any atom is 0.354 e. The van der Waals surface area contributed by atoms with E-state index in [0.29, 0.717) is 11.3 Å². The van der Waals surface area contributed by atoms with Crippen molar-refractivity contribution in [2.75, 3.05) is 18.6 Å². The monoisotopic (exact) mass is 396 g/mol. The van der Waals surface area contributed by atoms with E-state index in [0.717, 1.165) is 6.07 Å². The fourth-order valence-corrected chi connectivity index (χ4v) is 3.90. The molecule has 2 aromatic carbocycles. The summed E-state index contributed by atoms with van der Waals surface area (Å²) in [5.74, 6) is -3.09. The average Bonchev–Trinajstić information content (AvgIpc) is 3.09. The highest BCUT2D eigenvalue weighted by molar-refractivity contribution is 6.15. The van der Waals surface area contributed by atoms with Crippen LogP contribution >= 0.6 is 0 Å². The van der Waals surface area contributed by atoms with E-state index in [2.05, 4.69) is 0 Å². The van der Waals surface area contributed by atoms with E-state index in [1.165, 1.54) is 35.0 Å². The fraction of sp³-hybridized carbons (Fsp3) is 0.238. The molecular weight excluding hydrogens is 379 g/mol. The van der Waals surface area contributed by atoms with Crippen LogP contribution in [-0.4, -0.2) is 47.8 Å². The molecule has 0 spiro atoms. The second-order valence-corrected chi connectivity index (χ2v) is 6.91. The summed E-state index contributed by atoms with van der Waals surface area (Å²) in [5.41, 5.74) is -1.24. The van der Waals surface area contributed by atoms with Crippen LogP contribution in [0.3, 0.4) is 0 Å². The van der Waals surface area contributed by atoms with Crippen LogP contribution in [0.2, 0.25) is 0 Å². The van der Waals surface area contributed by atoms with Crippen LogP contribution in [0.5, 0.6) is 0 Å². The molecule has 2 aliphatic rings. The molecule has 2 aromatic rings. The molecule has 148 valence electrons. The molecule has 0 aliphatic carbocycles. The first-order valence-electron chi connectivity index (χ1n) is 9.03. The second kappa shape index (κ2) is 6.80. The van der Waals surface area contributed by atoms with Crippen molar-refractivity contribution in [1.29, 1.82) is 0 Å². The number of benzene rings is 2. The quantitative estimate of drug-likeness (QED) is 0.584. The number of ether oxygens (including phenoxy) is 1. The molecule has 0 unspecified atom stereocenters. The van der Waals surface area contributed by atoms with E-state index in [9.17, 15) is 23.6 Å². The summed E-state index contributed by atoms with van der Waals surface area (Å²) in [6, 6.07) is 11.9. The first-order chi connectivity index (χ1) is 13.9. The van der Waals surface area contributed by atoms with Crippen molar-refractivity contribution < 1.29 is 28.3 Å². The Kier molecular flexibility index (Phi) is 4.41. The van der Waals surface area contributed by atoms with E-state index >= 15 is 0 Å². The number of ketones is 1. The standard InChI is InChI=1S/C21H17FN2O5/c1-23-19(27)14-7-3-5-9-16(14)24-18(26)10-11-21(23,24)20(28)29-12-17(25)13-6-2-4-8-15(13)22/h2-9H,10-12H2,1H3/t21-/m0/s1. The molecule has 1 fully saturated rings. The van der Waals surface area contributed by atoms with Gasteiger partial charge in [-0.2, -0.15) is 0 Å². The smallest absolute Gasteiger partial charge is 0.354 e. The van der Waals surface area contributed by atoms with Crippen molar-refractivity contribution in [3.8, 4) is 0 Å². The number of esters is 1. The Morgan fingerprint density at radius 3 is 2.55 bits per heavy atom. The van der Waals surface area contributed by atoms with Gasteiger partial charge in [0.2, 0.25) is 17.4 Å². The Hall–Kier alpha value is -3.55. The molecule has 0 saturated carbocycles. The molecule has 4 rings (SSSR count). The molecule has 29 heavy (non-hydrogen) atoms. The molecule has 7 nitrogen and oxygen atoms in total. The van der Waals surface area contributed by atoms with Crippen LogP contribution < -0.4 is 4.90 Å². The lowest BCUT2D eigenvalue weighted by atomic mass is 9.97. The molecule has 1 atom stereocenters. The van der Waals surface area contributed by atoms with Crippen molar-refractivity contribution >= 4 is 29.3 Å². The number of para-hydroxylation sites is 1. The number of Topliss-reactive ketones (excluding diaryl/α,β-unsaturated/α-hetero) is 1. The molecule has 8 heteroatoms. The number of halogens is 1. The summed E-state index contributed by atoms with van der Waals surface area (Å²) in [5, 5.41) is 0. The molecular formula is C21H17FN2O5. The largest absolute Gasteiger partial charge is 0.454 e. The maximum absolute atomic E-state index is 13.8. The van der Waals surface area contributed by atoms with Crippen LogP contribution in [0.1, 0.15) is 33.6 Å². The van der Waals surface area contributed by atoms with Crippen LogP contribution in [0, 0.1) is 5.82 Å². The molecule has 0 radical (unpaired) electrons. The van der Waals surface area contributed by atoms with Crippen LogP contribution in [0.4, 0.5) is 10.1 Å². The summed E-state index contributed by atoms with van der Waals surface area (Å²) in [4.78, 5) is 53.2. The second-order valence-electron chi connectivity index (χ2n) is 6.91. The van der Waals surface area contributed by atoms with Gasteiger partial charge in [-0.3, -0.25) is 19.3 Å². The molecule has 2 heterocycles. The van der Waals surface area contributed by atoms with Crippen molar-refractivity contribution in [1.82, 2.24) is 4.90 Å². The summed E-state index contributed by atoms with van der Waals surface area (Å²) in [7, 11) is 1.42. The van der Waals surface area contributed by atoms with Gasteiger partial charge >= 0.3 is 5.97 Å². The lowest BCUT2D eigenvalue weighted by molar-refractivity contribution is -0.155. The van der Waals surface area contributed by atoms with E-state index in [1.54, 1.807) is 24.3 Å². The Labute approximate surface area is 165 Å². The number of fused-ring (bicyclic) bond motifs is 3. The number of amides is 2. The van der Waals surface area contributed by atoms with Gasteiger partial charge in [-0.25, -0.2) is 9.18 Å². The number of likely N-dealkylation sites (N-methyl/N-ethyl adjacent to an activating group) is 1. The number of carbonyl (C=O) groups is 4. The molecule has 0 bridgehead atoms. The lowest BCUT2D eigenvalue weighted by Crippen LogP contribution is -2.67. The van der Waals surface area contributed by atoms with Crippen molar-refractivity contribution in [3.63, 3.8) is 0 Å². The third-order valence-electron chi connectivity index (χ3n) is 5.38. The number of carbonyl (C=O) groups excluding carboxylic acids is 4. The molecule has 0 aromatic heterocycles. The van der Waals surface area contributed by atoms with Crippen LogP contribution in [0.15, 0.2) is 48.5 Å². The molecule has 2 aliphatic heterocycles. The Morgan fingerprint density at radius 1 is 1.10 bits per heavy atom. The molecule has 0 N–H and O–H groups in total. The number of anilines is 1. The van der Waals surface area contributed by atoms with Gasteiger partial charge in [-0.05, 0) is 24.3 Å². The van der Waals surface area contributed by atoms with E-state index in [1.807, 2.05) is 0 Å². The predicted octanol–water partition coefficient (Wildman–Crippen LogP) is 2.16. The summed E-state index contributed by atoms with van der Waals surface area (Å²) < 4.78 is 19.0. The number of hydrogen-bond acceptors (Lipinski definition) is 5. The van der Waals surface area contributed by atoms with Gasteiger partial charge in [0.25, 0.3) is 5.91 Å². The van der Waals surface area contributed by atoms with Crippen LogP contribution in [0.25, 0.3) is 0 Å². The minimum absolute atomic E-state index is 0.0368. The third-order valence-corrected chi connectivity index (χ3v) is 5.38. The normalized spacial score (nSPS) is 20.3. The Morgan fingerprint density at radius 2 is 1.79 bits per heavy atom. The first-order valence-corrected chi connectivity index (χ1v) is 9.03. The Balaban J connectivity index is 1.65. The molecule has 2 amide bonds. The Bertz CT molecular complexity index is 1050. The summed E-state index contributed by atoms with van der Waals surface area (Å²) in [6.07, 6.45) is 0.0808. The lowest BCUT2D eigenvalue weighted by Gasteiger charge is -2.46. The zero-order valence-corrected chi connectivity index (χ0v) is 15.6. The minimum Gasteiger partial charge on any atom is -0.454 e. The van der Waals surface area contributed by atoms with Gasteiger partial charge in [0, 0.05) is 19.9 Å². The van der Waals surface area contributed by atoms with E-state index in [-0.39, 0.29) is 24.3 Å². The fourth-order valence-electron chi connectivity index (χ4n) is 3.90. The van der Waals surface area contributed by atoms with Crippen molar-refractivity contribution in [3.05, 3.63) is 65.5 Å². The van der Waals surface area contributed by atoms with Gasteiger partial charge in [0.05, 0.1) is 16.8 Å². The molecule has 1 saturated heterocycles.